The summed E-state index contributed by atoms with van der Waals surface area (Å²) in [7, 11) is 0. The third kappa shape index (κ3) is 4.55. The molecular weight excluding hydrogens is 252 g/mol. The van der Waals surface area contributed by atoms with E-state index in [1.54, 1.807) is 6.07 Å². The number of carbonyl (C=O) groups is 1. The number of carboxylic acid groups (broad SMARTS) is 1. The van der Waals surface area contributed by atoms with Crippen LogP contribution in [0.5, 0.6) is 5.75 Å². The van der Waals surface area contributed by atoms with Gasteiger partial charge in [-0.3, -0.25) is 0 Å². The van der Waals surface area contributed by atoms with E-state index >= 15 is 0 Å². The summed E-state index contributed by atoms with van der Waals surface area (Å²) < 4.78 is 4.89. The minimum absolute atomic E-state index is 0.495. The van der Waals surface area contributed by atoms with E-state index in [2.05, 4.69) is 13.8 Å². The molecule has 0 fully saturated rings. The smallest absolute Gasteiger partial charge is 0.449 e. The first-order chi connectivity index (χ1) is 9.63. The van der Waals surface area contributed by atoms with Crippen LogP contribution in [0.25, 0.3) is 0 Å². The van der Waals surface area contributed by atoms with Crippen LogP contribution < -0.4 is 4.74 Å². The Morgan fingerprint density at radius 3 is 2.30 bits per heavy atom. The van der Waals surface area contributed by atoms with E-state index in [9.17, 15) is 4.79 Å². The maximum atomic E-state index is 10.7. The van der Waals surface area contributed by atoms with Crippen molar-refractivity contribution in [3.63, 3.8) is 0 Å². The molecule has 0 aliphatic heterocycles. The Hall–Kier alpha value is -1.51. The van der Waals surface area contributed by atoms with E-state index in [-0.39, 0.29) is 0 Å². The molecule has 0 spiro atoms. The Balaban J connectivity index is 2.93. The van der Waals surface area contributed by atoms with Crippen molar-refractivity contribution in [2.75, 3.05) is 0 Å². The highest BCUT2D eigenvalue weighted by Crippen LogP contribution is 2.28. The summed E-state index contributed by atoms with van der Waals surface area (Å²) in [6.07, 6.45) is 6.53. The molecule has 0 amide bonds. The molecule has 1 N–H and O–H groups in total. The van der Waals surface area contributed by atoms with E-state index in [1.807, 2.05) is 13.0 Å². The van der Waals surface area contributed by atoms with Gasteiger partial charge in [-0.25, -0.2) is 4.79 Å². The van der Waals surface area contributed by atoms with Crippen LogP contribution >= 0.6 is 0 Å². The summed E-state index contributed by atoms with van der Waals surface area (Å²) in [5, 5.41) is 8.80. The third-order valence-corrected chi connectivity index (χ3v) is 3.69. The zero-order valence-corrected chi connectivity index (χ0v) is 12.9. The van der Waals surface area contributed by atoms with Gasteiger partial charge in [-0.05, 0) is 48.4 Å². The van der Waals surface area contributed by atoms with E-state index in [0.29, 0.717) is 5.75 Å². The Morgan fingerprint density at radius 1 is 1.05 bits per heavy atom. The molecule has 1 aromatic carbocycles. The zero-order chi connectivity index (χ0) is 15.0. The fourth-order valence-electron chi connectivity index (χ4n) is 2.71. The van der Waals surface area contributed by atoms with Gasteiger partial charge < -0.3 is 9.84 Å². The molecule has 3 heteroatoms. The summed E-state index contributed by atoms with van der Waals surface area (Å²) >= 11 is 0. The summed E-state index contributed by atoms with van der Waals surface area (Å²) in [4.78, 5) is 10.7. The number of aryl methyl sites for hydroxylation is 1. The lowest BCUT2D eigenvalue weighted by Gasteiger charge is -2.16. The van der Waals surface area contributed by atoms with Gasteiger partial charge in [0.25, 0.3) is 0 Å². The second-order valence-corrected chi connectivity index (χ2v) is 5.07. The lowest BCUT2D eigenvalue weighted by atomic mass is 9.93. The number of unbranched alkanes of at least 4 members (excludes halogenated alkanes) is 3. The van der Waals surface area contributed by atoms with Gasteiger partial charge in [0.2, 0.25) is 0 Å². The van der Waals surface area contributed by atoms with Gasteiger partial charge in [0.1, 0.15) is 5.75 Å². The standard InChI is InChI=1S/C17H26O3/c1-4-7-8-9-10-13-11-12-16(20-17(18)19)15(6-3)14(13)5-2/h11-12H,4-10H2,1-3H3,(H,18,19). The Bertz CT molecular complexity index is 438. The zero-order valence-electron chi connectivity index (χ0n) is 12.9. The fourth-order valence-corrected chi connectivity index (χ4v) is 2.71. The van der Waals surface area contributed by atoms with Crippen LogP contribution in [0.1, 0.15) is 63.1 Å². The second kappa shape index (κ2) is 8.62. The summed E-state index contributed by atoms with van der Waals surface area (Å²) in [6.45, 7) is 6.38. The molecule has 0 aromatic heterocycles. The van der Waals surface area contributed by atoms with Crippen LogP contribution in [0, 0.1) is 0 Å². The first-order valence-corrected chi connectivity index (χ1v) is 7.68. The van der Waals surface area contributed by atoms with E-state index in [0.717, 1.165) is 24.8 Å². The number of hydrogen-bond donors (Lipinski definition) is 1. The van der Waals surface area contributed by atoms with Crippen LogP contribution in [-0.4, -0.2) is 11.3 Å². The number of ether oxygens (including phenoxy) is 1. The highest BCUT2D eigenvalue weighted by Gasteiger charge is 2.13. The Labute approximate surface area is 122 Å². The largest absolute Gasteiger partial charge is 0.511 e. The van der Waals surface area contributed by atoms with Gasteiger partial charge in [0.05, 0.1) is 0 Å². The predicted molar refractivity (Wildman–Crippen MR) is 81.7 cm³/mol. The molecule has 0 saturated heterocycles. The van der Waals surface area contributed by atoms with E-state index < -0.39 is 6.16 Å². The van der Waals surface area contributed by atoms with E-state index in [4.69, 9.17) is 9.84 Å². The van der Waals surface area contributed by atoms with Crippen molar-refractivity contribution in [3.05, 3.63) is 28.8 Å². The molecule has 0 unspecified atom stereocenters. The van der Waals surface area contributed by atoms with Crippen molar-refractivity contribution in [3.8, 4) is 5.75 Å². The van der Waals surface area contributed by atoms with Crippen molar-refractivity contribution in [2.45, 2.75) is 65.7 Å². The van der Waals surface area contributed by atoms with E-state index in [1.165, 1.54) is 36.8 Å². The van der Waals surface area contributed by atoms with Crippen molar-refractivity contribution < 1.29 is 14.6 Å². The number of rotatable bonds is 8. The van der Waals surface area contributed by atoms with Crippen LogP contribution in [-0.2, 0) is 19.3 Å². The van der Waals surface area contributed by atoms with Crippen LogP contribution in [0.4, 0.5) is 4.79 Å². The van der Waals surface area contributed by atoms with Crippen LogP contribution in [0.15, 0.2) is 12.1 Å². The molecule has 0 aliphatic carbocycles. The molecular formula is C17H26O3. The van der Waals surface area contributed by atoms with Crippen molar-refractivity contribution in [2.24, 2.45) is 0 Å². The average molecular weight is 278 g/mol. The van der Waals surface area contributed by atoms with Crippen molar-refractivity contribution >= 4 is 6.16 Å². The maximum Gasteiger partial charge on any atom is 0.511 e. The first kappa shape index (κ1) is 16.5. The van der Waals surface area contributed by atoms with Gasteiger partial charge in [-0.1, -0.05) is 46.1 Å². The molecule has 3 nitrogen and oxygen atoms in total. The normalized spacial score (nSPS) is 10.6. The van der Waals surface area contributed by atoms with Gasteiger partial charge in [-0.2, -0.15) is 0 Å². The molecule has 0 bridgehead atoms. The summed E-state index contributed by atoms with van der Waals surface area (Å²) in [5.74, 6) is 0.495. The minimum atomic E-state index is -1.24. The van der Waals surface area contributed by atoms with Gasteiger partial charge in [0, 0.05) is 0 Å². The Morgan fingerprint density at radius 2 is 1.75 bits per heavy atom. The third-order valence-electron chi connectivity index (χ3n) is 3.69. The molecule has 112 valence electrons. The highest BCUT2D eigenvalue weighted by molar-refractivity contribution is 5.63. The molecule has 0 heterocycles. The molecule has 0 saturated carbocycles. The number of benzene rings is 1. The van der Waals surface area contributed by atoms with Gasteiger partial charge in [0.15, 0.2) is 0 Å². The summed E-state index contributed by atoms with van der Waals surface area (Å²) in [5.41, 5.74) is 3.66. The average Bonchev–Trinajstić information content (AvgIpc) is 2.43. The lowest BCUT2D eigenvalue weighted by molar-refractivity contribution is 0.144. The summed E-state index contributed by atoms with van der Waals surface area (Å²) in [6, 6.07) is 3.84. The highest BCUT2D eigenvalue weighted by atomic mass is 16.7. The quantitative estimate of drug-likeness (QED) is 0.414. The van der Waals surface area contributed by atoms with Crippen molar-refractivity contribution in [1.82, 2.24) is 0 Å². The second-order valence-electron chi connectivity index (χ2n) is 5.07. The van der Waals surface area contributed by atoms with Crippen LogP contribution in [0.3, 0.4) is 0 Å². The molecule has 0 radical (unpaired) electrons. The first-order valence-electron chi connectivity index (χ1n) is 7.68. The van der Waals surface area contributed by atoms with Gasteiger partial charge in [-0.15, -0.1) is 0 Å². The Kier molecular flexibility index (Phi) is 7.13. The topological polar surface area (TPSA) is 46.5 Å². The molecule has 1 aromatic rings. The van der Waals surface area contributed by atoms with Gasteiger partial charge >= 0.3 is 6.16 Å². The monoisotopic (exact) mass is 278 g/mol. The minimum Gasteiger partial charge on any atom is -0.449 e. The van der Waals surface area contributed by atoms with Crippen molar-refractivity contribution in [1.29, 1.82) is 0 Å². The number of hydrogen-bond acceptors (Lipinski definition) is 2. The molecule has 1 rings (SSSR count). The predicted octanol–water partition coefficient (Wildman–Crippen LogP) is 4.99. The molecule has 20 heavy (non-hydrogen) atoms. The molecule has 0 aliphatic rings. The maximum absolute atomic E-state index is 10.7. The molecule has 0 atom stereocenters. The SMILES string of the molecule is CCCCCCc1ccc(OC(=O)O)c(CC)c1CC. The van der Waals surface area contributed by atoms with Crippen LogP contribution in [0.2, 0.25) is 0 Å². The fraction of sp³-hybridized carbons (Fsp3) is 0.588. The lowest BCUT2D eigenvalue weighted by Crippen LogP contribution is -2.08.